The SMILES string of the molecule is CCOc1ccc(C(=O)/C=C/c2ccc(OCC#N)c(OC)c2)cc1. The zero-order valence-corrected chi connectivity index (χ0v) is 14.2. The first kappa shape index (κ1) is 18.1. The Kier molecular flexibility index (Phi) is 6.61. The molecule has 0 fully saturated rings. The predicted octanol–water partition coefficient (Wildman–Crippen LogP) is 3.89. The Hall–Kier alpha value is -3.26. The van der Waals surface area contributed by atoms with Crippen LogP contribution in [-0.2, 0) is 0 Å². The Balaban J connectivity index is 2.09. The monoisotopic (exact) mass is 337 g/mol. The van der Waals surface area contributed by atoms with Crippen molar-refractivity contribution in [3.8, 4) is 23.3 Å². The lowest BCUT2D eigenvalue weighted by Crippen LogP contribution is -1.97. The topological polar surface area (TPSA) is 68.5 Å². The molecule has 0 spiro atoms. The molecule has 25 heavy (non-hydrogen) atoms. The molecule has 0 N–H and O–H groups in total. The van der Waals surface area contributed by atoms with Gasteiger partial charge in [-0.15, -0.1) is 0 Å². The number of nitrogens with zero attached hydrogens (tertiary/aromatic N) is 1. The van der Waals surface area contributed by atoms with Gasteiger partial charge in [0.1, 0.15) is 11.8 Å². The minimum absolute atomic E-state index is 0.0538. The summed E-state index contributed by atoms with van der Waals surface area (Å²) >= 11 is 0. The molecule has 5 nitrogen and oxygen atoms in total. The lowest BCUT2D eigenvalue weighted by atomic mass is 10.1. The molecule has 0 aliphatic carbocycles. The van der Waals surface area contributed by atoms with Gasteiger partial charge in [-0.05, 0) is 55.0 Å². The molecule has 0 aliphatic rings. The van der Waals surface area contributed by atoms with Gasteiger partial charge in [-0.25, -0.2) is 0 Å². The maximum absolute atomic E-state index is 12.2. The van der Waals surface area contributed by atoms with E-state index in [1.165, 1.54) is 13.2 Å². The summed E-state index contributed by atoms with van der Waals surface area (Å²) in [5.74, 6) is 1.62. The summed E-state index contributed by atoms with van der Waals surface area (Å²) in [6, 6.07) is 14.2. The van der Waals surface area contributed by atoms with Crippen LogP contribution < -0.4 is 14.2 Å². The molecule has 0 saturated carbocycles. The Labute approximate surface area is 147 Å². The molecular weight excluding hydrogens is 318 g/mol. The number of carbonyl (C=O) groups is 1. The molecule has 0 unspecified atom stereocenters. The lowest BCUT2D eigenvalue weighted by Gasteiger charge is -2.08. The maximum Gasteiger partial charge on any atom is 0.185 e. The average Bonchev–Trinajstić information content (AvgIpc) is 2.65. The fourth-order valence-corrected chi connectivity index (χ4v) is 2.17. The van der Waals surface area contributed by atoms with Crippen LogP contribution in [0.25, 0.3) is 6.08 Å². The average molecular weight is 337 g/mol. The molecule has 0 saturated heterocycles. The molecule has 0 aliphatic heterocycles. The van der Waals surface area contributed by atoms with Crippen LogP contribution in [0.4, 0.5) is 0 Å². The van der Waals surface area contributed by atoms with Crippen LogP contribution in [0.5, 0.6) is 17.2 Å². The number of hydrogen-bond acceptors (Lipinski definition) is 5. The molecule has 2 aromatic carbocycles. The van der Waals surface area contributed by atoms with Gasteiger partial charge in [0, 0.05) is 5.56 Å². The van der Waals surface area contributed by atoms with Crippen molar-refractivity contribution in [3.63, 3.8) is 0 Å². The summed E-state index contributed by atoms with van der Waals surface area (Å²) in [6.07, 6.45) is 3.20. The van der Waals surface area contributed by atoms with Crippen LogP contribution in [0.3, 0.4) is 0 Å². The van der Waals surface area contributed by atoms with Crippen molar-refractivity contribution in [2.24, 2.45) is 0 Å². The molecule has 0 heterocycles. The molecule has 0 aromatic heterocycles. The van der Waals surface area contributed by atoms with E-state index in [2.05, 4.69) is 0 Å². The van der Waals surface area contributed by atoms with Crippen molar-refractivity contribution < 1.29 is 19.0 Å². The van der Waals surface area contributed by atoms with Crippen molar-refractivity contribution in [2.75, 3.05) is 20.3 Å². The Bertz CT molecular complexity index is 788. The number of hydrogen-bond donors (Lipinski definition) is 0. The largest absolute Gasteiger partial charge is 0.494 e. The van der Waals surface area contributed by atoms with Crippen LogP contribution in [0.2, 0.25) is 0 Å². The summed E-state index contributed by atoms with van der Waals surface area (Å²) in [5.41, 5.74) is 1.38. The molecule has 2 rings (SSSR count). The van der Waals surface area contributed by atoms with Crippen LogP contribution in [-0.4, -0.2) is 26.1 Å². The number of ether oxygens (including phenoxy) is 3. The third-order valence-electron chi connectivity index (χ3n) is 3.36. The van der Waals surface area contributed by atoms with Gasteiger partial charge in [-0.1, -0.05) is 12.1 Å². The smallest absolute Gasteiger partial charge is 0.185 e. The van der Waals surface area contributed by atoms with E-state index in [-0.39, 0.29) is 12.4 Å². The third-order valence-corrected chi connectivity index (χ3v) is 3.36. The number of nitriles is 1. The second-order valence-electron chi connectivity index (χ2n) is 5.01. The minimum Gasteiger partial charge on any atom is -0.494 e. The maximum atomic E-state index is 12.2. The number of allylic oxidation sites excluding steroid dienone is 1. The van der Waals surface area contributed by atoms with E-state index in [0.717, 1.165) is 11.3 Å². The minimum atomic E-state index is -0.105. The predicted molar refractivity (Wildman–Crippen MR) is 95.1 cm³/mol. The summed E-state index contributed by atoms with van der Waals surface area (Å²) < 4.78 is 15.9. The molecule has 0 radical (unpaired) electrons. The Morgan fingerprint density at radius 1 is 1.12 bits per heavy atom. The van der Waals surface area contributed by atoms with E-state index >= 15 is 0 Å². The summed E-state index contributed by atoms with van der Waals surface area (Å²) in [6.45, 7) is 2.44. The van der Waals surface area contributed by atoms with Crippen LogP contribution in [0, 0.1) is 11.3 Å². The fraction of sp³-hybridized carbons (Fsp3) is 0.200. The molecule has 0 amide bonds. The second kappa shape index (κ2) is 9.14. The van der Waals surface area contributed by atoms with Crippen LogP contribution in [0.15, 0.2) is 48.5 Å². The first-order valence-corrected chi connectivity index (χ1v) is 7.81. The zero-order chi connectivity index (χ0) is 18.1. The first-order chi connectivity index (χ1) is 12.2. The van der Waals surface area contributed by atoms with E-state index < -0.39 is 0 Å². The summed E-state index contributed by atoms with van der Waals surface area (Å²) in [7, 11) is 1.52. The molecular formula is C20H19NO4. The van der Waals surface area contributed by atoms with Gasteiger partial charge in [0.05, 0.1) is 13.7 Å². The standard InChI is InChI=1S/C20H19NO4/c1-3-24-17-8-6-16(7-9-17)18(22)10-4-15-5-11-19(25-13-12-21)20(14-15)23-2/h4-11,14H,3,13H2,1-2H3/b10-4+. The molecule has 5 heteroatoms. The van der Waals surface area contributed by atoms with Gasteiger partial charge in [-0.2, -0.15) is 5.26 Å². The quantitative estimate of drug-likeness (QED) is 0.540. The second-order valence-corrected chi connectivity index (χ2v) is 5.01. The fourth-order valence-electron chi connectivity index (χ4n) is 2.17. The van der Waals surface area contributed by atoms with Gasteiger partial charge in [0.15, 0.2) is 23.9 Å². The van der Waals surface area contributed by atoms with Gasteiger partial charge in [-0.3, -0.25) is 4.79 Å². The van der Waals surface area contributed by atoms with Gasteiger partial charge < -0.3 is 14.2 Å². The van der Waals surface area contributed by atoms with E-state index in [9.17, 15) is 4.79 Å². The van der Waals surface area contributed by atoms with E-state index in [4.69, 9.17) is 19.5 Å². The van der Waals surface area contributed by atoms with Gasteiger partial charge in [0.25, 0.3) is 0 Å². The van der Waals surface area contributed by atoms with Crippen molar-refractivity contribution in [1.82, 2.24) is 0 Å². The summed E-state index contributed by atoms with van der Waals surface area (Å²) in [4.78, 5) is 12.2. The lowest BCUT2D eigenvalue weighted by molar-refractivity contribution is 0.104. The molecule has 0 atom stereocenters. The first-order valence-electron chi connectivity index (χ1n) is 7.81. The number of carbonyl (C=O) groups excluding carboxylic acids is 1. The van der Waals surface area contributed by atoms with Crippen molar-refractivity contribution in [3.05, 3.63) is 59.7 Å². The number of ketones is 1. The van der Waals surface area contributed by atoms with E-state index in [0.29, 0.717) is 23.7 Å². The van der Waals surface area contributed by atoms with Crippen molar-refractivity contribution >= 4 is 11.9 Å². The van der Waals surface area contributed by atoms with Crippen molar-refractivity contribution in [1.29, 1.82) is 5.26 Å². The van der Waals surface area contributed by atoms with Gasteiger partial charge >= 0.3 is 0 Å². The summed E-state index contributed by atoms with van der Waals surface area (Å²) in [5, 5.41) is 8.57. The highest BCUT2D eigenvalue weighted by Crippen LogP contribution is 2.28. The third kappa shape index (κ3) is 5.11. The number of benzene rings is 2. The van der Waals surface area contributed by atoms with Crippen LogP contribution in [0.1, 0.15) is 22.8 Å². The molecule has 2 aromatic rings. The van der Waals surface area contributed by atoms with Crippen LogP contribution >= 0.6 is 0 Å². The number of rotatable bonds is 8. The highest BCUT2D eigenvalue weighted by molar-refractivity contribution is 6.06. The Morgan fingerprint density at radius 2 is 1.88 bits per heavy atom. The zero-order valence-electron chi connectivity index (χ0n) is 14.2. The highest BCUT2D eigenvalue weighted by Gasteiger charge is 2.06. The number of methoxy groups -OCH3 is 1. The highest BCUT2D eigenvalue weighted by atomic mass is 16.5. The van der Waals surface area contributed by atoms with E-state index in [1.54, 1.807) is 48.5 Å². The Morgan fingerprint density at radius 3 is 2.52 bits per heavy atom. The van der Waals surface area contributed by atoms with Gasteiger partial charge in [0.2, 0.25) is 0 Å². The van der Waals surface area contributed by atoms with E-state index in [1.807, 2.05) is 13.0 Å². The van der Waals surface area contributed by atoms with Crippen molar-refractivity contribution in [2.45, 2.75) is 6.92 Å². The normalized spacial score (nSPS) is 10.3. The molecule has 0 bridgehead atoms. The molecule has 128 valence electrons.